The number of fused-ring (bicyclic) bond motifs is 2. The number of nitrogens with zero attached hydrogens (tertiary/aromatic N) is 1. The van der Waals surface area contributed by atoms with Gasteiger partial charge in [0.2, 0.25) is 5.75 Å². The molecule has 12 heteroatoms. The van der Waals surface area contributed by atoms with Gasteiger partial charge in [-0.25, -0.2) is 8.42 Å². The second-order valence-electron chi connectivity index (χ2n) is 7.92. The third kappa shape index (κ3) is 3.42. The normalized spacial score (nSPS) is 17.9. The molecule has 186 valence electrons. The molecule has 8 nitrogen and oxygen atoms in total. The summed E-state index contributed by atoms with van der Waals surface area (Å²) < 4.78 is 88.0. The summed E-state index contributed by atoms with van der Waals surface area (Å²) in [5, 5.41) is 11.2. The van der Waals surface area contributed by atoms with E-state index in [1.165, 1.54) is 34.5 Å². The van der Waals surface area contributed by atoms with E-state index in [1.807, 2.05) is 0 Å². The van der Waals surface area contributed by atoms with Gasteiger partial charge in [0.1, 0.15) is 0 Å². The van der Waals surface area contributed by atoms with E-state index in [4.69, 9.17) is 18.9 Å². The Morgan fingerprint density at radius 1 is 0.912 bits per heavy atom. The number of alkyl halides is 3. The predicted molar refractivity (Wildman–Crippen MR) is 116 cm³/mol. The van der Waals surface area contributed by atoms with Crippen LogP contribution in [0.4, 0.5) is 13.2 Å². The van der Waals surface area contributed by atoms with Gasteiger partial charge in [-0.15, -0.1) is 0 Å². The van der Waals surface area contributed by atoms with Gasteiger partial charge in [-0.2, -0.15) is 17.5 Å². The first kappa shape index (κ1) is 24.3. The molecule has 0 fully saturated rings. The molecule has 0 radical (unpaired) electrons. The van der Waals surface area contributed by atoms with Crippen LogP contribution in [0.15, 0.2) is 12.1 Å². The summed E-state index contributed by atoms with van der Waals surface area (Å²) in [5.41, 5.74) is -3.43. The predicted octanol–water partition coefficient (Wildman–Crippen LogP) is 3.79. The number of ether oxygens (including phenoxy) is 4. The van der Waals surface area contributed by atoms with Gasteiger partial charge in [-0.1, -0.05) is 0 Å². The molecule has 0 saturated heterocycles. The van der Waals surface area contributed by atoms with E-state index in [0.717, 1.165) is 0 Å². The van der Waals surface area contributed by atoms with Crippen molar-refractivity contribution in [1.29, 1.82) is 0 Å². The first-order valence-electron chi connectivity index (χ1n) is 10.3. The first-order valence-corrected chi connectivity index (χ1v) is 11.8. The Morgan fingerprint density at radius 2 is 1.53 bits per heavy atom. The van der Waals surface area contributed by atoms with Gasteiger partial charge < -0.3 is 24.1 Å². The number of aromatic hydroxyl groups is 1. The minimum absolute atomic E-state index is 0.00964. The molecule has 0 aromatic heterocycles. The van der Waals surface area contributed by atoms with Crippen LogP contribution in [0.3, 0.4) is 0 Å². The summed E-state index contributed by atoms with van der Waals surface area (Å²) in [6, 6.07) is 2.04. The SMILES string of the molecule is COc1cc2c3c(c1O)-c1c(cc(OC)c(OC)c1OC)CC[C@@H]3N(S(=O)(=O)C(F)(F)F)CC2. The topological polar surface area (TPSA) is 94.5 Å². The van der Waals surface area contributed by atoms with E-state index in [0.29, 0.717) is 32.3 Å². The van der Waals surface area contributed by atoms with E-state index in [9.17, 15) is 26.7 Å². The van der Waals surface area contributed by atoms with Crippen LogP contribution in [0.5, 0.6) is 28.7 Å². The largest absolute Gasteiger partial charge is 0.511 e. The van der Waals surface area contributed by atoms with Crippen LogP contribution in [-0.4, -0.2) is 58.3 Å². The van der Waals surface area contributed by atoms with Crippen molar-refractivity contribution in [3.05, 3.63) is 28.8 Å². The maximum Gasteiger partial charge on any atom is 0.511 e. The Kier molecular flexibility index (Phi) is 6.01. The van der Waals surface area contributed by atoms with Gasteiger partial charge >= 0.3 is 15.5 Å². The fourth-order valence-corrected chi connectivity index (χ4v) is 6.07. The van der Waals surface area contributed by atoms with Crippen molar-refractivity contribution in [1.82, 2.24) is 4.31 Å². The summed E-state index contributed by atoms with van der Waals surface area (Å²) >= 11 is 0. The van der Waals surface area contributed by atoms with Crippen molar-refractivity contribution >= 4 is 10.0 Å². The van der Waals surface area contributed by atoms with Gasteiger partial charge in [0, 0.05) is 17.7 Å². The number of halogens is 3. The lowest BCUT2D eigenvalue weighted by molar-refractivity contribution is -0.0504. The van der Waals surface area contributed by atoms with Crippen LogP contribution in [0.25, 0.3) is 11.1 Å². The number of sulfonamides is 1. The van der Waals surface area contributed by atoms with Crippen LogP contribution < -0.4 is 18.9 Å². The second kappa shape index (κ2) is 8.42. The number of phenols is 1. The molecule has 0 unspecified atom stereocenters. The van der Waals surface area contributed by atoms with E-state index < -0.39 is 21.6 Å². The van der Waals surface area contributed by atoms with Crippen molar-refractivity contribution in [2.24, 2.45) is 0 Å². The number of hydrogen-bond donors (Lipinski definition) is 1. The highest BCUT2D eigenvalue weighted by Gasteiger charge is 2.54. The number of hydrogen-bond acceptors (Lipinski definition) is 7. The van der Waals surface area contributed by atoms with Crippen molar-refractivity contribution in [2.75, 3.05) is 35.0 Å². The molecule has 2 aromatic rings. The molecule has 2 aliphatic rings. The van der Waals surface area contributed by atoms with Crippen LogP contribution in [0.2, 0.25) is 0 Å². The van der Waals surface area contributed by atoms with Gasteiger partial charge in [0.15, 0.2) is 23.0 Å². The Balaban J connectivity index is 2.10. The summed E-state index contributed by atoms with van der Waals surface area (Å²) in [6.45, 7) is -0.354. The zero-order valence-corrected chi connectivity index (χ0v) is 19.8. The number of aryl methyl sites for hydroxylation is 1. The third-order valence-corrected chi connectivity index (χ3v) is 7.98. The molecular formula is C22H24F3NO7S. The minimum Gasteiger partial charge on any atom is -0.504 e. The summed E-state index contributed by atoms with van der Waals surface area (Å²) in [5.74, 6) is 0.554. The van der Waals surface area contributed by atoms with Gasteiger partial charge in [-0.3, -0.25) is 0 Å². The lowest BCUT2D eigenvalue weighted by Gasteiger charge is -2.37. The quantitative estimate of drug-likeness (QED) is 0.664. The molecule has 1 atom stereocenters. The molecule has 4 rings (SSSR count). The number of rotatable bonds is 5. The highest BCUT2D eigenvalue weighted by molar-refractivity contribution is 7.90. The van der Waals surface area contributed by atoms with E-state index >= 15 is 0 Å². The molecule has 0 saturated carbocycles. The van der Waals surface area contributed by atoms with E-state index in [2.05, 4.69) is 0 Å². The Hall–Kier alpha value is -2.86. The van der Waals surface area contributed by atoms with Crippen LogP contribution >= 0.6 is 0 Å². The molecule has 2 aromatic carbocycles. The van der Waals surface area contributed by atoms with Crippen LogP contribution in [0, 0.1) is 0 Å². The molecule has 1 heterocycles. The average Bonchev–Trinajstić information content (AvgIpc) is 2.97. The molecule has 0 spiro atoms. The van der Waals surface area contributed by atoms with Gasteiger partial charge in [0.25, 0.3) is 0 Å². The Bertz CT molecular complexity index is 1240. The molecule has 34 heavy (non-hydrogen) atoms. The second-order valence-corrected chi connectivity index (χ2v) is 9.80. The van der Waals surface area contributed by atoms with Crippen LogP contribution in [-0.2, 0) is 22.9 Å². The van der Waals surface area contributed by atoms with Crippen molar-refractivity contribution in [3.8, 4) is 39.9 Å². The standard InChI is InChI=1S/C22H24F3NO7S/c1-30-14-9-12-7-8-26(34(28,29)22(23,24)25)13-6-5-11-10-15(31-2)20(32-3)21(33-4)17(11)18(16(12)13)19(14)27/h9-10,13,27H,5-8H2,1-4H3/t13-/m0/s1. The van der Waals surface area contributed by atoms with Crippen molar-refractivity contribution in [3.63, 3.8) is 0 Å². The van der Waals surface area contributed by atoms with Crippen LogP contribution in [0.1, 0.15) is 29.2 Å². The molecule has 0 amide bonds. The minimum atomic E-state index is -5.62. The number of phenolic OH excluding ortho intramolecular Hbond substituents is 1. The monoisotopic (exact) mass is 503 g/mol. The zero-order valence-electron chi connectivity index (χ0n) is 18.9. The van der Waals surface area contributed by atoms with Crippen molar-refractivity contribution < 1.29 is 45.6 Å². The summed E-state index contributed by atoms with van der Waals surface area (Å²) in [4.78, 5) is 0. The summed E-state index contributed by atoms with van der Waals surface area (Å²) in [6.07, 6.45) is 0.249. The zero-order chi connectivity index (χ0) is 25.0. The maximum absolute atomic E-state index is 13.5. The van der Waals surface area contributed by atoms with E-state index in [1.54, 1.807) is 6.07 Å². The van der Waals surface area contributed by atoms with E-state index in [-0.39, 0.29) is 54.4 Å². The fraction of sp³-hybridized carbons (Fsp3) is 0.455. The lowest BCUT2D eigenvalue weighted by atomic mass is 9.86. The highest BCUT2D eigenvalue weighted by atomic mass is 32.2. The first-order chi connectivity index (χ1) is 16.0. The molecule has 1 aliphatic heterocycles. The highest BCUT2D eigenvalue weighted by Crippen LogP contribution is 2.57. The third-order valence-electron chi connectivity index (χ3n) is 6.34. The molecule has 1 aliphatic carbocycles. The molecule has 0 bridgehead atoms. The average molecular weight is 503 g/mol. The Morgan fingerprint density at radius 3 is 2.09 bits per heavy atom. The van der Waals surface area contributed by atoms with Gasteiger partial charge in [-0.05, 0) is 48.1 Å². The lowest BCUT2D eigenvalue weighted by Crippen LogP contribution is -2.46. The molecule has 1 N–H and O–H groups in total. The number of methoxy groups -OCH3 is 4. The van der Waals surface area contributed by atoms with Crippen molar-refractivity contribution in [2.45, 2.75) is 30.8 Å². The maximum atomic E-state index is 13.5. The molecular weight excluding hydrogens is 479 g/mol. The smallest absolute Gasteiger partial charge is 0.504 e. The fourth-order valence-electron chi connectivity index (χ4n) is 4.92. The summed E-state index contributed by atoms with van der Waals surface area (Å²) in [7, 11) is -0.0279. The Labute approximate surface area is 194 Å². The number of benzene rings is 2. The van der Waals surface area contributed by atoms with Gasteiger partial charge in [0.05, 0.1) is 34.5 Å².